The van der Waals surface area contributed by atoms with E-state index in [1.807, 2.05) is 19.1 Å². The standard InChI is InChI=1S/C16H22N2O4/c1-11-3-4-12(22-11)10-18-7-5-16(6-8-18)13(15(20)21)9-14(19)17(16)2/h3-4,13H,5-10H2,1-2H3,(H,20,21)/t13-/m1/s1. The Hall–Kier alpha value is -1.82. The Balaban J connectivity index is 1.69. The van der Waals surface area contributed by atoms with Gasteiger partial charge in [0.15, 0.2) is 0 Å². The fourth-order valence-electron chi connectivity index (χ4n) is 3.87. The van der Waals surface area contributed by atoms with Crippen molar-refractivity contribution in [3.63, 3.8) is 0 Å². The molecule has 2 saturated heterocycles. The van der Waals surface area contributed by atoms with Crippen molar-refractivity contribution >= 4 is 11.9 Å². The maximum absolute atomic E-state index is 12.0. The van der Waals surface area contributed by atoms with Gasteiger partial charge in [0.05, 0.1) is 18.0 Å². The minimum absolute atomic E-state index is 0.0532. The average Bonchev–Trinajstić information content (AvgIpc) is 2.99. The molecule has 1 spiro atoms. The zero-order valence-corrected chi connectivity index (χ0v) is 13.0. The van der Waals surface area contributed by atoms with Gasteiger partial charge in [0.1, 0.15) is 11.5 Å². The Kier molecular flexibility index (Phi) is 3.72. The number of carboxylic acid groups (broad SMARTS) is 1. The highest BCUT2D eigenvalue weighted by Gasteiger charge is 2.55. The van der Waals surface area contributed by atoms with Crippen LogP contribution in [0.25, 0.3) is 0 Å². The summed E-state index contributed by atoms with van der Waals surface area (Å²) in [5, 5.41) is 9.46. The summed E-state index contributed by atoms with van der Waals surface area (Å²) in [5.41, 5.74) is -0.515. The Morgan fingerprint density at radius 2 is 2.09 bits per heavy atom. The molecule has 0 aliphatic carbocycles. The summed E-state index contributed by atoms with van der Waals surface area (Å²) < 4.78 is 5.60. The van der Waals surface area contributed by atoms with Gasteiger partial charge < -0.3 is 14.4 Å². The van der Waals surface area contributed by atoms with Crippen LogP contribution in [0.2, 0.25) is 0 Å². The molecular formula is C16H22N2O4. The van der Waals surface area contributed by atoms with Gasteiger partial charge in [-0.25, -0.2) is 0 Å². The molecule has 2 aliphatic rings. The number of furan rings is 1. The fraction of sp³-hybridized carbons (Fsp3) is 0.625. The summed E-state index contributed by atoms with van der Waals surface area (Å²) in [6, 6.07) is 3.93. The van der Waals surface area contributed by atoms with E-state index >= 15 is 0 Å². The molecule has 3 rings (SSSR count). The summed E-state index contributed by atoms with van der Waals surface area (Å²) in [4.78, 5) is 27.4. The average molecular weight is 306 g/mol. The summed E-state index contributed by atoms with van der Waals surface area (Å²) in [7, 11) is 1.75. The minimum atomic E-state index is -0.854. The number of amides is 1. The van der Waals surface area contributed by atoms with E-state index in [9.17, 15) is 14.7 Å². The van der Waals surface area contributed by atoms with Crippen molar-refractivity contribution in [3.8, 4) is 0 Å². The summed E-state index contributed by atoms with van der Waals surface area (Å²) >= 11 is 0. The Morgan fingerprint density at radius 1 is 1.41 bits per heavy atom. The van der Waals surface area contributed by atoms with Crippen LogP contribution in [-0.2, 0) is 16.1 Å². The van der Waals surface area contributed by atoms with Crippen LogP contribution < -0.4 is 0 Å². The van der Waals surface area contributed by atoms with E-state index in [1.165, 1.54) is 0 Å². The van der Waals surface area contributed by atoms with Crippen molar-refractivity contribution in [2.24, 2.45) is 5.92 Å². The van der Waals surface area contributed by atoms with E-state index in [0.29, 0.717) is 12.8 Å². The number of carbonyl (C=O) groups is 2. The third kappa shape index (κ3) is 2.41. The smallest absolute Gasteiger partial charge is 0.309 e. The Labute approximate surface area is 129 Å². The van der Waals surface area contributed by atoms with Crippen molar-refractivity contribution < 1.29 is 19.1 Å². The topological polar surface area (TPSA) is 74.0 Å². The second-order valence-corrected chi connectivity index (χ2v) is 6.44. The lowest BCUT2D eigenvalue weighted by atomic mass is 9.77. The van der Waals surface area contributed by atoms with E-state index in [0.717, 1.165) is 31.2 Å². The second-order valence-electron chi connectivity index (χ2n) is 6.44. The predicted molar refractivity (Wildman–Crippen MR) is 79.2 cm³/mol. The van der Waals surface area contributed by atoms with Gasteiger partial charge >= 0.3 is 5.97 Å². The van der Waals surface area contributed by atoms with E-state index in [1.54, 1.807) is 11.9 Å². The molecule has 6 nitrogen and oxygen atoms in total. The minimum Gasteiger partial charge on any atom is -0.481 e. The monoisotopic (exact) mass is 306 g/mol. The van der Waals surface area contributed by atoms with Crippen molar-refractivity contribution in [1.82, 2.24) is 9.80 Å². The van der Waals surface area contributed by atoms with Crippen molar-refractivity contribution in [2.45, 2.75) is 38.3 Å². The third-order valence-corrected chi connectivity index (χ3v) is 5.26. The van der Waals surface area contributed by atoms with Gasteiger partial charge in [0.25, 0.3) is 0 Å². The molecule has 0 bridgehead atoms. The first-order chi connectivity index (χ1) is 10.4. The lowest BCUT2D eigenvalue weighted by molar-refractivity contribution is -0.146. The lowest BCUT2D eigenvalue weighted by Crippen LogP contribution is -2.55. The van der Waals surface area contributed by atoms with Crippen LogP contribution in [0, 0.1) is 12.8 Å². The number of carbonyl (C=O) groups excluding carboxylic acids is 1. The molecule has 0 unspecified atom stereocenters. The zero-order chi connectivity index (χ0) is 15.9. The third-order valence-electron chi connectivity index (χ3n) is 5.26. The van der Waals surface area contributed by atoms with Gasteiger partial charge in [-0.1, -0.05) is 0 Å². The SMILES string of the molecule is Cc1ccc(CN2CCC3(CC2)[C@@H](C(=O)O)CC(=O)N3C)o1. The number of hydrogen-bond donors (Lipinski definition) is 1. The molecule has 0 saturated carbocycles. The van der Waals surface area contributed by atoms with Crippen molar-refractivity contribution in [3.05, 3.63) is 23.7 Å². The molecule has 22 heavy (non-hydrogen) atoms. The summed E-state index contributed by atoms with van der Waals surface area (Å²) in [5.74, 6) is 0.336. The molecule has 120 valence electrons. The molecule has 6 heteroatoms. The van der Waals surface area contributed by atoms with Crippen LogP contribution >= 0.6 is 0 Å². The van der Waals surface area contributed by atoms with Gasteiger partial charge in [0, 0.05) is 26.6 Å². The summed E-state index contributed by atoms with van der Waals surface area (Å²) in [6.45, 7) is 4.22. The van der Waals surface area contributed by atoms with Crippen LogP contribution in [-0.4, -0.2) is 52.5 Å². The lowest BCUT2D eigenvalue weighted by Gasteiger charge is -2.45. The highest BCUT2D eigenvalue weighted by molar-refractivity contribution is 5.88. The molecule has 1 aromatic rings. The van der Waals surface area contributed by atoms with Crippen LogP contribution in [0.1, 0.15) is 30.8 Å². The maximum atomic E-state index is 12.0. The molecule has 3 heterocycles. The maximum Gasteiger partial charge on any atom is 0.309 e. The number of rotatable bonds is 3. The van der Waals surface area contributed by atoms with E-state index in [4.69, 9.17) is 4.42 Å². The summed E-state index contributed by atoms with van der Waals surface area (Å²) in [6.07, 6.45) is 1.53. The fourth-order valence-corrected chi connectivity index (χ4v) is 3.87. The van der Waals surface area contributed by atoms with Crippen LogP contribution in [0.5, 0.6) is 0 Å². The normalized spacial score (nSPS) is 25.1. The predicted octanol–water partition coefficient (Wildman–Crippen LogP) is 1.49. The number of hydrogen-bond acceptors (Lipinski definition) is 4. The van der Waals surface area contributed by atoms with Crippen LogP contribution in [0.4, 0.5) is 0 Å². The number of piperidine rings is 1. The highest BCUT2D eigenvalue weighted by Crippen LogP contribution is 2.42. The largest absolute Gasteiger partial charge is 0.481 e. The Bertz CT molecular complexity index is 587. The molecule has 1 atom stereocenters. The van der Waals surface area contributed by atoms with Gasteiger partial charge in [0.2, 0.25) is 5.91 Å². The van der Waals surface area contributed by atoms with Crippen LogP contribution in [0.15, 0.2) is 16.5 Å². The van der Waals surface area contributed by atoms with Crippen molar-refractivity contribution in [1.29, 1.82) is 0 Å². The first-order valence-corrected chi connectivity index (χ1v) is 7.69. The van der Waals surface area contributed by atoms with E-state index in [-0.39, 0.29) is 12.3 Å². The molecule has 1 N–H and O–H groups in total. The van der Waals surface area contributed by atoms with Gasteiger partial charge in [-0.05, 0) is 31.9 Å². The van der Waals surface area contributed by atoms with E-state index in [2.05, 4.69) is 4.90 Å². The first-order valence-electron chi connectivity index (χ1n) is 7.69. The molecule has 2 fully saturated rings. The molecule has 2 aliphatic heterocycles. The second kappa shape index (κ2) is 5.43. The number of aliphatic carboxylic acids is 1. The number of carboxylic acids is 1. The number of aryl methyl sites for hydroxylation is 1. The van der Waals surface area contributed by atoms with Gasteiger partial charge in [-0.3, -0.25) is 14.5 Å². The van der Waals surface area contributed by atoms with Crippen molar-refractivity contribution in [2.75, 3.05) is 20.1 Å². The van der Waals surface area contributed by atoms with E-state index < -0.39 is 17.4 Å². The molecule has 1 aromatic heterocycles. The highest BCUT2D eigenvalue weighted by atomic mass is 16.4. The first kappa shape index (κ1) is 15.1. The Morgan fingerprint density at radius 3 is 2.64 bits per heavy atom. The number of nitrogens with zero attached hydrogens (tertiary/aromatic N) is 2. The number of likely N-dealkylation sites (tertiary alicyclic amines) is 2. The molecular weight excluding hydrogens is 284 g/mol. The zero-order valence-electron chi connectivity index (χ0n) is 13.0. The molecule has 0 radical (unpaired) electrons. The quantitative estimate of drug-likeness (QED) is 0.915. The molecule has 1 amide bonds. The van der Waals surface area contributed by atoms with Gasteiger partial charge in [-0.15, -0.1) is 0 Å². The van der Waals surface area contributed by atoms with Gasteiger partial charge in [-0.2, -0.15) is 0 Å². The van der Waals surface area contributed by atoms with Crippen LogP contribution in [0.3, 0.4) is 0 Å². The molecule has 0 aromatic carbocycles.